The Balaban J connectivity index is 1.50. The monoisotopic (exact) mass is 434 g/mol. The van der Waals surface area contributed by atoms with Crippen molar-refractivity contribution in [2.45, 2.75) is 45.6 Å². The van der Waals surface area contributed by atoms with Crippen LogP contribution in [0.1, 0.15) is 61.7 Å². The minimum atomic E-state index is -0.523. The molecule has 4 rings (SSSR count). The van der Waals surface area contributed by atoms with E-state index < -0.39 is 10.8 Å². The Bertz CT molecular complexity index is 1230. The third-order valence-corrected chi connectivity index (χ3v) is 6.04. The van der Waals surface area contributed by atoms with Crippen LogP contribution in [0.25, 0.3) is 11.0 Å². The van der Waals surface area contributed by atoms with Crippen LogP contribution in [0.2, 0.25) is 0 Å². The average molecular weight is 434 g/mol. The highest BCUT2D eigenvalue weighted by atomic mass is 16.6. The highest BCUT2D eigenvalue weighted by Crippen LogP contribution is 2.43. The molecule has 0 radical (unpaired) electrons. The topological polar surface area (TPSA) is 101 Å². The number of amides is 1. The molecule has 1 aromatic heterocycles. The van der Waals surface area contributed by atoms with Gasteiger partial charge in [0, 0.05) is 35.3 Å². The summed E-state index contributed by atoms with van der Waals surface area (Å²) in [5, 5.41) is 15.5. The van der Waals surface area contributed by atoms with Gasteiger partial charge in [-0.25, -0.2) is 5.43 Å². The Morgan fingerprint density at radius 2 is 2.09 bits per heavy atom. The maximum absolute atomic E-state index is 12.4. The number of carbonyl (C=O) groups excluding carboxylic acids is 1. The van der Waals surface area contributed by atoms with Crippen molar-refractivity contribution in [3.05, 3.63) is 69.5 Å². The quantitative estimate of drug-likeness (QED) is 0.337. The molecule has 1 atom stereocenters. The van der Waals surface area contributed by atoms with Gasteiger partial charge in [-0.1, -0.05) is 13.0 Å². The number of nitrogens with one attached hydrogen (secondary N) is 1. The first-order chi connectivity index (χ1) is 15.2. The molecule has 2 aromatic carbocycles. The Morgan fingerprint density at radius 1 is 1.31 bits per heavy atom. The SMILES string of the molecule is CCN1c2ccc(/C=N\NC(=O)c3cc4cc([N+](=O)[O-])ccc4o3)cc2C(C)CC1(C)C. The molecular formula is C24H26N4O4. The zero-order valence-corrected chi connectivity index (χ0v) is 18.6. The highest BCUT2D eigenvalue weighted by Gasteiger charge is 2.35. The van der Waals surface area contributed by atoms with Crippen molar-refractivity contribution in [3.8, 4) is 0 Å². The first kappa shape index (κ1) is 21.5. The summed E-state index contributed by atoms with van der Waals surface area (Å²) in [4.78, 5) is 25.3. The number of nitro groups is 1. The second-order valence-corrected chi connectivity index (χ2v) is 8.77. The number of non-ortho nitro benzene ring substituents is 1. The van der Waals surface area contributed by atoms with Gasteiger partial charge in [0.2, 0.25) is 0 Å². The van der Waals surface area contributed by atoms with Crippen LogP contribution in [0.3, 0.4) is 0 Å². The van der Waals surface area contributed by atoms with Crippen LogP contribution >= 0.6 is 0 Å². The third-order valence-electron chi connectivity index (χ3n) is 6.04. The number of hydrogen-bond acceptors (Lipinski definition) is 6. The molecule has 0 saturated heterocycles. The minimum Gasteiger partial charge on any atom is -0.451 e. The van der Waals surface area contributed by atoms with E-state index in [-0.39, 0.29) is 17.0 Å². The maximum Gasteiger partial charge on any atom is 0.307 e. The molecule has 8 heteroatoms. The highest BCUT2D eigenvalue weighted by molar-refractivity contribution is 5.97. The predicted molar refractivity (Wildman–Crippen MR) is 125 cm³/mol. The van der Waals surface area contributed by atoms with Gasteiger partial charge in [0.25, 0.3) is 5.69 Å². The summed E-state index contributed by atoms with van der Waals surface area (Å²) in [5.74, 6) is -0.0618. The van der Waals surface area contributed by atoms with E-state index in [1.54, 1.807) is 6.21 Å². The number of carbonyl (C=O) groups is 1. The first-order valence-electron chi connectivity index (χ1n) is 10.6. The Morgan fingerprint density at radius 3 is 2.81 bits per heavy atom. The molecule has 2 heterocycles. The van der Waals surface area contributed by atoms with Gasteiger partial charge in [-0.15, -0.1) is 0 Å². The van der Waals surface area contributed by atoms with Crippen LogP contribution in [0.15, 0.2) is 52.0 Å². The number of rotatable bonds is 5. The van der Waals surface area contributed by atoms with Crippen LogP contribution in [-0.4, -0.2) is 29.1 Å². The molecule has 1 aliphatic rings. The minimum absolute atomic E-state index is 0.0394. The maximum atomic E-state index is 12.4. The Kier molecular flexibility index (Phi) is 5.46. The summed E-state index contributed by atoms with van der Waals surface area (Å²) >= 11 is 0. The van der Waals surface area contributed by atoms with Crippen LogP contribution in [0.5, 0.6) is 0 Å². The second-order valence-electron chi connectivity index (χ2n) is 8.77. The molecule has 1 unspecified atom stereocenters. The first-order valence-corrected chi connectivity index (χ1v) is 10.6. The fraction of sp³-hybridized carbons (Fsp3) is 0.333. The van der Waals surface area contributed by atoms with Crippen molar-refractivity contribution in [2.24, 2.45) is 5.10 Å². The number of nitrogens with zero attached hydrogens (tertiary/aromatic N) is 3. The number of fused-ring (bicyclic) bond motifs is 2. The molecule has 0 aliphatic carbocycles. The zero-order chi connectivity index (χ0) is 23.0. The van der Waals surface area contributed by atoms with E-state index in [1.807, 2.05) is 6.07 Å². The molecular weight excluding hydrogens is 408 g/mol. The van der Waals surface area contributed by atoms with Crippen molar-refractivity contribution >= 4 is 34.5 Å². The lowest BCUT2D eigenvalue weighted by Gasteiger charge is -2.47. The van der Waals surface area contributed by atoms with Gasteiger partial charge in [-0.05, 0) is 68.5 Å². The standard InChI is InChI=1S/C24H26N4O4/c1-5-27-20-8-6-16(10-19(20)15(2)13-24(27,3)4)14-25-26-23(29)22-12-17-11-18(28(30)31)7-9-21(17)32-22/h6-12,14-15H,5,13H2,1-4H3,(H,26,29)/b25-14-. The number of nitro benzene ring substituents is 1. The molecule has 1 aliphatic heterocycles. The number of benzene rings is 2. The smallest absolute Gasteiger partial charge is 0.307 e. The van der Waals surface area contributed by atoms with Gasteiger partial charge in [0.05, 0.1) is 11.1 Å². The normalized spacial score (nSPS) is 17.5. The summed E-state index contributed by atoms with van der Waals surface area (Å²) in [6, 6.07) is 11.9. The number of hydrazone groups is 1. The van der Waals surface area contributed by atoms with E-state index in [0.29, 0.717) is 16.9 Å². The van der Waals surface area contributed by atoms with Crippen LogP contribution in [0.4, 0.5) is 11.4 Å². The van der Waals surface area contributed by atoms with Gasteiger partial charge in [0.15, 0.2) is 5.76 Å². The van der Waals surface area contributed by atoms with Crippen LogP contribution < -0.4 is 10.3 Å². The molecule has 8 nitrogen and oxygen atoms in total. The summed E-state index contributed by atoms with van der Waals surface area (Å²) in [6.45, 7) is 9.90. The molecule has 3 aromatic rings. The summed E-state index contributed by atoms with van der Waals surface area (Å²) < 4.78 is 5.49. The van der Waals surface area contributed by atoms with E-state index in [2.05, 4.69) is 55.3 Å². The summed E-state index contributed by atoms with van der Waals surface area (Å²) in [7, 11) is 0. The van der Waals surface area contributed by atoms with Crippen molar-refractivity contribution in [3.63, 3.8) is 0 Å². The molecule has 0 fully saturated rings. The molecule has 0 bridgehead atoms. The average Bonchev–Trinajstić information content (AvgIpc) is 3.17. The van der Waals surface area contributed by atoms with Crippen LogP contribution in [0, 0.1) is 10.1 Å². The van der Waals surface area contributed by atoms with Crippen molar-refractivity contribution in [1.29, 1.82) is 0 Å². The summed E-state index contributed by atoms with van der Waals surface area (Å²) in [5.41, 5.74) is 6.33. The van der Waals surface area contributed by atoms with E-state index >= 15 is 0 Å². The lowest BCUT2D eigenvalue weighted by atomic mass is 9.79. The van der Waals surface area contributed by atoms with Gasteiger partial charge >= 0.3 is 5.91 Å². The molecule has 32 heavy (non-hydrogen) atoms. The molecule has 1 amide bonds. The largest absolute Gasteiger partial charge is 0.451 e. The van der Waals surface area contributed by atoms with E-state index in [0.717, 1.165) is 18.5 Å². The van der Waals surface area contributed by atoms with E-state index in [1.165, 1.54) is 35.5 Å². The fourth-order valence-corrected chi connectivity index (χ4v) is 4.66. The predicted octanol–water partition coefficient (Wildman–Crippen LogP) is 5.22. The number of hydrogen-bond donors (Lipinski definition) is 1. The van der Waals surface area contributed by atoms with Crippen molar-refractivity contribution in [1.82, 2.24) is 5.43 Å². The fourth-order valence-electron chi connectivity index (χ4n) is 4.66. The number of furan rings is 1. The molecule has 166 valence electrons. The van der Waals surface area contributed by atoms with Gasteiger partial charge < -0.3 is 9.32 Å². The number of anilines is 1. The molecule has 0 saturated carbocycles. The third kappa shape index (κ3) is 3.95. The second kappa shape index (κ2) is 8.11. The molecule has 1 N–H and O–H groups in total. The Hall–Kier alpha value is -3.68. The Labute approximate surface area is 186 Å². The van der Waals surface area contributed by atoms with Gasteiger partial charge in [-0.2, -0.15) is 5.10 Å². The lowest BCUT2D eigenvalue weighted by Crippen LogP contribution is -2.48. The van der Waals surface area contributed by atoms with Crippen molar-refractivity contribution < 1.29 is 14.1 Å². The zero-order valence-electron chi connectivity index (χ0n) is 18.6. The van der Waals surface area contributed by atoms with E-state index in [9.17, 15) is 14.9 Å². The van der Waals surface area contributed by atoms with Gasteiger partial charge in [-0.3, -0.25) is 14.9 Å². The van der Waals surface area contributed by atoms with Crippen LogP contribution in [-0.2, 0) is 0 Å². The van der Waals surface area contributed by atoms with E-state index in [4.69, 9.17) is 4.42 Å². The lowest BCUT2D eigenvalue weighted by molar-refractivity contribution is -0.384. The van der Waals surface area contributed by atoms with Crippen molar-refractivity contribution in [2.75, 3.05) is 11.4 Å². The summed E-state index contributed by atoms with van der Waals surface area (Å²) in [6.07, 6.45) is 2.67. The molecule has 0 spiro atoms. The van der Waals surface area contributed by atoms with Gasteiger partial charge in [0.1, 0.15) is 5.58 Å².